The number of ether oxygens (including phenoxy) is 1. The smallest absolute Gasteiger partial charge is 0.407 e. The molecular weight excluding hydrogens is 498 g/mol. The first-order chi connectivity index (χ1) is 18.6. The van der Waals surface area contributed by atoms with Gasteiger partial charge in [0.2, 0.25) is 17.7 Å². The summed E-state index contributed by atoms with van der Waals surface area (Å²) >= 11 is 0. The Bertz CT molecular complexity index is 1140. The van der Waals surface area contributed by atoms with Crippen LogP contribution in [0.2, 0.25) is 0 Å². The molecule has 10 heteroatoms. The van der Waals surface area contributed by atoms with Crippen LogP contribution in [-0.4, -0.2) is 55.1 Å². The quantitative estimate of drug-likeness (QED) is 0.246. The van der Waals surface area contributed by atoms with E-state index in [9.17, 15) is 19.2 Å². The number of nitrogens with one attached hydrogen (secondary N) is 3. The SMILES string of the molecule is CC(C)[C@H](NC(=O)[C@H](CCCCN)NC(=O)OCC1c2ccccc2-c2ccccc21)C(=O)N[C@@H](C)C(N)=O. The summed E-state index contributed by atoms with van der Waals surface area (Å²) in [4.78, 5) is 50.2. The Hall–Kier alpha value is -3.92. The second-order valence-corrected chi connectivity index (χ2v) is 10.2. The van der Waals surface area contributed by atoms with E-state index in [0.717, 1.165) is 22.3 Å². The van der Waals surface area contributed by atoms with E-state index in [1.165, 1.54) is 6.92 Å². The summed E-state index contributed by atoms with van der Waals surface area (Å²) in [5, 5.41) is 7.89. The molecule has 0 radical (unpaired) electrons. The fourth-order valence-corrected chi connectivity index (χ4v) is 4.71. The highest BCUT2D eigenvalue weighted by Gasteiger charge is 2.32. The number of carbonyl (C=O) groups excluding carboxylic acids is 4. The molecule has 0 aromatic heterocycles. The summed E-state index contributed by atoms with van der Waals surface area (Å²) in [6.45, 7) is 5.55. The van der Waals surface area contributed by atoms with Crippen LogP contribution in [0.3, 0.4) is 0 Å². The topological polar surface area (TPSA) is 166 Å². The maximum Gasteiger partial charge on any atom is 0.407 e. The van der Waals surface area contributed by atoms with Crippen LogP contribution in [0, 0.1) is 5.92 Å². The zero-order valence-corrected chi connectivity index (χ0v) is 22.7. The summed E-state index contributed by atoms with van der Waals surface area (Å²) < 4.78 is 5.62. The molecule has 1 aliphatic carbocycles. The Morgan fingerprint density at radius 2 is 1.44 bits per heavy atom. The standard InChI is InChI=1S/C29H39N5O5/c1-17(2)25(28(37)32-18(3)26(31)35)34-27(36)24(14-8-9-15-30)33-29(38)39-16-23-21-12-6-4-10-19(21)20-11-5-7-13-22(20)23/h4-7,10-13,17-18,23-25H,8-9,14-16,30H2,1-3H3,(H2,31,35)(H,32,37)(H,33,38)(H,34,36)/t18-,24-,25-/m0/s1. The number of alkyl carbamates (subject to hydrolysis) is 1. The van der Waals surface area contributed by atoms with Gasteiger partial charge in [0, 0.05) is 5.92 Å². The molecule has 210 valence electrons. The number of hydrogen-bond acceptors (Lipinski definition) is 6. The van der Waals surface area contributed by atoms with Crippen LogP contribution in [0.1, 0.15) is 57.1 Å². The molecule has 3 rings (SSSR count). The van der Waals surface area contributed by atoms with E-state index >= 15 is 0 Å². The van der Waals surface area contributed by atoms with Gasteiger partial charge in [-0.3, -0.25) is 14.4 Å². The van der Waals surface area contributed by atoms with Crippen molar-refractivity contribution < 1.29 is 23.9 Å². The van der Waals surface area contributed by atoms with Crippen molar-refractivity contribution in [2.24, 2.45) is 17.4 Å². The Morgan fingerprint density at radius 3 is 1.97 bits per heavy atom. The van der Waals surface area contributed by atoms with Gasteiger partial charge in [-0.15, -0.1) is 0 Å². The second kappa shape index (κ2) is 13.7. The molecule has 0 saturated heterocycles. The highest BCUT2D eigenvalue weighted by Crippen LogP contribution is 2.44. The average molecular weight is 538 g/mol. The third-order valence-electron chi connectivity index (χ3n) is 6.93. The predicted molar refractivity (Wildman–Crippen MR) is 148 cm³/mol. The van der Waals surface area contributed by atoms with Gasteiger partial charge in [0.15, 0.2) is 0 Å². The van der Waals surface area contributed by atoms with E-state index in [-0.39, 0.29) is 18.4 Å². The lowest BCUT2D eigenvalue weighted by molar-refractivity contribution is -0.132. The van der Waals surface area contributed by atoms with Crippen molar-refractivity contribution in [1.29, 1.82) is 0 Å². The van der Waals surface area contributed by atoms with Gasteiger partial charge in [0.1, 0.15) is 24.7 Å². The fourth-order valence-electron chi connectivity index (χ4n) is 4.71. The number of amides is 4. The number of benzene rings is 2. The third-order valence-corrected chi connectivity index (χ3v) is 6.93. The number of hydrogen-bond donors (Lipinski definition) is 5. The lowest BCUT2D eigenvalue weighted by Crippen LogP contribution is -2.57. The fraction of sp³-hybridized carbons (Fsp3) is 0.448. The highest BCUT2D eigenvalue weighted by molar-refractivity contribution is 5.93. The number of primary amides is 1. The molecule has 0 unspecified atom stereocenters. The number of carbonyl (C=O) groups is 4. The molecule has 2 aromatic rings. The van der Waals surface area contributed by atoms with Gasteiger partial charge in [0.25, 0.3) is 0 Å². The predicted octanol–water partition coefficient (Wildman–Crippen LogP) is 2.15. The van der Waals surface area contributed by atoms with Crippen LogP contribution >= 0.6 is 0 Å². The van der Waals surface area contributed by atoms with E-state index in [1.807, 2.05) is 36.4 Å². The molecular formula is C29H39N5O5. The van der Waals surface area contributed by atoms with Crippen LogP contribution in [-0.2, 0) is 19.1 Å². The maximum atomic E-state index is 13.2. The number of fused-ring (bicyclic) bond motifs is 3. The van der Waals surface area contributed by atoms with Gasteiger partial charge in [-0.2, -0.15) is 0 Å². The van der Waals surface area contributed by atoms with Crippen LogP contribution in [0.15, 0.2) is 48.5 Å². The van der Waals surface area contributed by atoms with Crippen molar-refractivity contribution >= 4 is 23.8 Å². The number of unbranched alkanes of at least 4 members (excludes halogenated alkanes) is 1. The first-order valence-corrected chi connectivity index (χ1v) is 13.4. The second-order valence-electron chi connectivity index (χ2n) is 10.2. The normalized spacial score (nSPS) is 14.5. The van der Waals surface area contributed by atoms with Crippen molar-refractivity contribution in [3.05, 3.63) is 59.7 Å². The van der Waals surface area contributed by atoms with Gasteiger partial charge in [-0.1, -0.05) is 62.4 Å². The summed E-state index contributed by atoms with van der Waals surface area (Å²) in [5.41, 5.74) is 15.3. The zero-order chi connectivity index (χ0) is 28.5. The minimum Gasteiger partial charge on any atom is -0.449 e. The minimum absolute atomic E-state index is 0.110. The monoisotopic (exact) mass is 537 g/mol. The molecule has 39 heavy (non-hydrogen) atoms. The van der Waals surface area contributed by atoms with Gasteiger partial charge in [0.05, 0.1) is 0 Å². The Balaban J connectivity index is 1.67. The van der Waals surface area contributed by atoms with Crippen molar-refractivity contribution in [3.8, 4) is 11.1 Å². The molecule has 0 fully saturated rings. The van der Waals surface area contributed by atoms with Gasteiger partial charge in [-0.25, -0.2) is 4.79 Å². The molecule has 0 heterocycles. The van der Waals surface area contributed by atoms with E-state index in [2.05, 4.69) is 28.1 Å². The average Bonchev–Trinajstić information content (AvgIpc) is 3.23. The first kappa shape index (κ1) is 29.6. The molecule has 4 amide bonds. The molecule has 3 atom stereocenters. The maximum absolute atomic E-state index is 13.2. The van der Waals surface area contributed by atoms with Crippen LogP contribution in [0.5, 0.6) is 0 Å². The third kappa shape index (κ3) is 7.57. The minimum atomic E-state index is -0.935. The van der Waals surface area contributed by atoms with Crippen LogP contribution < -0.4 is 27.4 Å². The van der Waals surface area contributed by atoms with Crippen molar-refractivity contribution in [3.63, 3.8) is 0 Å². The largest absolute Gasteiger partial charge is 0.449 e. The molecule has 1 aliphatic rings. The Labute approximate surface area is 229 Å². The molecule has 2 aromatic carbocycles. The lowest BCUT2D eigenvalue weighted by Gasteiger charge is -2.26. The molecule has 0 aliphatic heterocycles. The van der Waals surface area contributed by atoms with Gasteiger partial charge in [-0.05, 0) is 60.9 Å². The summed E-state index contributed by atoms with van der Waals surface area (Å²) in [6.07, 6.45) is 0.852. The summed E-state index contributed by atoms with van der Waals surface area (Å²) in [6, 6.07) is 13.3. The van der Waals surface area contributed by atoms with Gasteiger partial charge < -0.3 is 32.2 Å². The molecule has 0 bridgehead atoms. The van der Waals surface area contributed by atoms with Crippen molar-refractivity contribution in [2.45, 2.75) is 64.1 Å². The van der Waals surface area contributed by atoms with Crippen LogP contribution in [0.4, 0.5) is 4.79 Å². The van der Waals surface area contributed by atoms with Crippen molar-refractivity contribution in [2.75, 3.05) is 13.2 Å². The Kier molecular flexibility index (Phi) is 10.4. The number of nitrogens with two attached hydrogens (primary N) is 2. The first-order valence-electron chi connectivity index (χ1n) is 13.4. The zero-order valence-electron chi connectivity index (χ0n) is 22.7. The molecule has 0 saturated carbocycles. The summed E-state index contributed by atoms with van der Waals surface area (Å²) in [7, 11) is 0. The van der Waals surface area contributed by atoms with Gasteiger partial charge >= 0.3 is 6.09 Å². The molecule has 0 spiro atoms. The highest BCUT2D eigenvalue weighted by atomic mass is 16.5. The van der Waals surface area contributed by atoms with E-state index in [4.69, 9.17) is 16.2 Å². The Morgan fingerprint density at radius 1 is 0.846 bits per heavy atom. The van der Waals surface area contributed by atoms with E-state index in [1.54, 1.807) is 13.8 Å². The van der Waals surface area contributed by atoms with E-state index in [0.29, 0.717) is 25.8 Å². The van der Waals surface area contributed by atoms with Crippen LogP contribution in [0.25, 0.3) is 11.1 Å². The van der Waals surface area contributed by atoms with E-state index < -0.39 is 41.9 Å². The lowest BCUT2D eigenvalue weighted by atomic mass is 9.98. The number of rotatable bonds is 13. The molecule has 10 nitrogen and oxygen atoms in total. The molecule has 7 N–H and O–H groups in total. The summed E-state index contributed by atoms with van der Waals surface area (Å²) in [5.74, 6) is -2.15. The van der Waals surface area contributed by atoms with Crippen molar-refractivity contribution in [1.82, 2.24) is 16.0 Å².